The van der Waals surface area contributed by atoms with E-state index >= 15 is 0 Å². The van der Waals surface area contributed by atoms with Crippen molar-refractivity contribution in [2.45, 2.75) is 32.4 Å². The first-order valence-corrected chi connectivity index (χ1v) is 7.43. The van der Waals surface area contributed by atoms with Gasteiger partial charge in [0.05, 0.1) is 0 Å². The largest absolute Gasteiger partial charge is 0.481 e. The molecular weight excluding hydrogens is 276 g/mol. The second-order valence-corrected chi connectivity index (χ2v) is 5.42. The van der Waals surface area contributed by atoms with E-state index in [1.165, 1.54) is 0 Å². The van der Waals surface area contributed by atoms with Gasteiger partial charge >= 0.3 is 0 Å². The lowest BCUT2D eigenvalue weighted by atomic mass is 10.2. The molecule has 2 atom stereocenters. The molecule has 2 unspecified atom stereocenters. The van der Waals surface area contributed by atoms with Gasteiger partial charge in [-0.05, 0) is 45.0 Å². The summed E-state index contributed by atoms with van der Waals surface area (Å²) >= 11 is 5.92. The van der Waals surface area contributed by atoms with Crippen molar-refractivity contribution < 1.29 is 9.53 Å². The SMILES string of the molecule is CCN(C(=O)C(C)Oc1cccc(Cl)c1)C1CCNC1. The molecule has 0 aromatic heterocycles. The fourth-order valence-corrected chi connectivity index (χ4v) is 2.71. The molecule has 0 saturated carbocycles. The van der Waals surface area contributed by atoms with E-state index < -0.39 is 6.10 Å². The van der Waals surface area contributed by atoms with Gasteiger partial charge in [-0.3, -0.25) is 4.79 Å². The third-order valence-electron chi connectivity index (χ3n) is 3.56. The Morgan fingerprint density at radius 2 is 2.40 bits per heavy atom. The molecule has 0 spiro atoms. The summed E-state index contributed by atoms with van der Waals surface area (Å²) in [6.07, 6.45) is 0.498. The first kappa shape index (κ1) is 15.1. The summed E-state index contributed by atoms with van der Waals surface area (Å²) in [4.78, 5) is 14.4. The summed E-state index contributed by atoms with van der Waals surface area (Å²) in [5, 5.41) is 3.89. The third kappa shape index (κ3) is 3.64. The summed E-state index contributed by atoms with van der Waals surface area (Å²) in [5.41, 5.74) is 0. The van der Waals surface area contributed by atoms with E-state index in [4.69, 9.17) is 16.3 Å². The number of hydrogen-bond acceptors (Lipinski definition) is 3. The van der Waals surface area contributed by atoms with Gasteiger partial charge in [-0.15, -0.1) is 0 Å². The van der Waals surface area contributed by atoms with Crippen LogP contribution in [0.1, 0.15) is 20.3 Å². The number of likely N-dealkylation sites (N-methyl/N-ethyl adjacent to an activating group) is 1. The Hall–Kier alpha value is -1.26. The molecule has 1 fully saturated rings. The van der Waals surface area contributed by atoms with Crippen LogP contribution in [0.4, 0.5) is 0 Å². The average Bonchev–Trinajstić information content (AvgIpc) is 2.93. The molecule has 5 heteroatoms. The van der Waals surface area contributed by atoms with E-state index in [0.717, 1.165) is 19.5 Å². The summed E-state index contributed by atoms with van der Waals surface area (Å²) in [6, 6.07) is 7.40. The van der Waals surface area contributed by atoms with Crippen LogP contribution in [-0.4, -0.2) is 42.6 Å². The number of carbonyl (C=O) groups excluding carboxylic acids is 1. The number of benzene rings is 1. The Kier molecular flexibility index (Phi) is 5.26. The Labute approximate surface area is 125 Å². The zero-order valence-electron chi connectivity index (χ0n) is 11.9. The quantitative estimate of drug-likeness (QED) is 0.907. The van der Waals surface area contributed by atoms with Crippen molar-refractivity contribution in [3.63, 3.8) is 0 Å². The molecule has 1 N–H and O–H groups in total. The molecule has 2 rings (SSSR count). The van der Waals surface area contributed by atoms with Crippen LogP contribution in [0, 0.1) is 0 Å². The van der Waals surface area contributed by atoms with Crippen LogP contribution in [0.2, 0.25) is 5.02 Å². The molecule has 0 bridgehead atoms. The van der Waals surface area contributed by atoms with E-state index in [0.29, 0.717) is 17.3 Å². The minimum Gasteiger partial charge on any atom is -0.481 e. The first-order chi connectivity index (χ1) is 9.61. The van der Waals surface area contributed by atoms with Gasteiger partial charge in [0.25, 0.3) is 5.91 Å². The number of ether oxygens (including phenoxy) is 1. The molecule has 1 heterocycles. The Balaban J connectivity index is 1.99. The van der Waals surface area contributed by atoms with Crippen molar-refractivity contribution in [2.75, 3.05) is 19.6 Å². The number of hydrogen-bond donors (Lipinski definition) is 1. The molecule has 1 saturated heterocycles. The van der Waals surface area contributed by atoms with Crippen LogP contribution < -0.4 is 10.1 Å². The Bertz CT molecular complexity index is 461. The van der Waals surface area contributed by atoms with Crippen LogP contribution in [0.5, 0.6) is 5.75 Å². The number of amides is 1. The fraction of sp³-hybridized carbons (Fsp3) is 0.533. The van der Waals surface area contributed by atoms with Crippen molar-refractivity contribution in [2.24, 2.45) is 0 Å². The highest BCUT2D eigenvalue weighted by Gasteiger charge is 2.29. The first-order valence-electron chi connectivity index (χ1n) is 7.05. The minimum atomic E-state index is -0.506. The normalized spacial score (nSPS) is 19.6. The van der Waals surface area contributed by atoms with E-state index in [1.807, 2.05) is 24.0 Å². The van der Waals surface area contributed by atoms with Gasteiger partial charge < -0.3 is 15.0 Å². The lowest BCUT2D eigenvalue weighted by Gasteiger charge is -2.29. The van der Waals surface area contributed by atoms with Gasteiger partial charge in [0.1, 0.15) is 5.75 Å². The highest BCUT2D eigenvalue weighted by atomic mass is 35.5. The third-order valence-corrected chi connectivity index (χ3v) is 3.79. The fourth-order valence-electron chi connectivity index (χ4n) is 2.53. The number of rotatable bonds is 5. The molecule has 0 aliphatic carbocycles. The number of nitrogens with one attached hydrogen (secondary N) is 1. The maximum atomic E-state index is 12.5. The van der Waals surface area contributed by atoms with Crippen molar-refractivity contribution in [3.05, 3.63) is 29.3 Å². The highest BCUT2D eigenvalue weighted by molar-refractivity contribution is 6.30. The smallest absolute Gasteiger partial charge is 0.263 e. The molecular formula is C15H21ClN2O2. The maximum Gasteiger partial charge on any atom is 0.263 e. The standard InChI is InChI=1S/C15H21ClN2O2/c1-3-18(13-7-8-17-10-13)15(19)11(2)20-14-6-4-5-12(16)9-14/h4-6,9,11,13,17H,3,7-8,10H2,1-2H3. The van der Waals surface area contributed by atoms with E-state index in [2.05, 4.69) is 5.32 Å². The predicted octanol–water partition coefficient (Wildman–Crippen LogP) is 2.32. The summed E-state index contributed by atoms with van der Waals surface area (Å²) < 4.78 is 5.70. The zero-order chi connectivity index (χ0) is 14.5. The van der Waals surface area contributed by atoms with E-state index in [9.17, 15) is 4.79 Å². The van der Waals surface area contributed by atoms with Crippen molar-refractivity contribution in [3.8, 4) is 5.75 Å². The van der Waals surface area contributed by atoms with Gasteiger partial charge in [0, 0.05) is 24.2 Å². The number of nitrogens with zero attached hydrogens (tertiary/aromatic N) is 1. The number of carbonyl (C=O) groups is 1. The van der Waals surface area contributed by atoms with Crippen LogP contribution in [-0.2, 0) is 4.79 Å². The molecule has 0 radical (unpaired) electrons. The molecule has 1 amide bonds. The molecule has 110 valence electrons. The molecule has 1 aromatic carbocycles. The molecule has 4 nitrogen and oxygen atoms in total. The van der Waals surface area contributed by atoms with Gasteiger partial charge in [-0.25, -0.2) is 0 Å². The molecule has 20 heavy (non-hydrogen) atoms. The number of halogens is 1. The zero-order valence-corrected chi connectivity index (χ0v) is 12.7. The molecule has 1 aromatic rings. The van der Waals surface area contributed by atoms with Crippen molar-refractivity contribution in [1.29, 1.82) is 0 Å². The van der Waals surface area contributed by atoms with Gasteiger partial charge in [0.2, 0.25) is 0 Å². The maximum absolute atomic E-state index is 12.5. The van der Waals surface area contributed by atoms with Crippen molar-refractivity contribution >= 4 is 17.5 Å². The predicted molar refractivity (Wildman–Crippen MR) is 80.2 cm³/mol. The van der Waals surface area contributed by atoms with Crippen LogP contribution >= 0.6 is 11.6 Å². The minimum absolute atomic E-state index is 0.0289. The highest BCUT2D eigenvalue weighted by Crippen LogP contribution is 2.19. The Morgan fingerprint density at radius 1 is 1.60 bits per heavy atom. The van der Waals surface area contributed by atoms with Crippen LogP contribution in [0.15, 0.2) is 24.3 Å². The van der Waals surface area contributed by atoms with Gasteiger partial charge in [-0.2, -0.15) is 0 Å². The van der Waals surface area contributed by atoms with Crippen LogP contribution in [0.25, 0.3) is 0 Å². The monoisotopic (exact) mass is 296 g/mol. The lowest BCUT2D eigenvalue weighted by molar-refractivity contribution is -0.139. The topological polar surface area (TPSA) is 41.6 Å². The second-order valence-electron chi connectivity index (χ2n) is 4.99. The van der Waals surface area contributed by atoms with Crippen LogP contribution in [0.3, 0.4) is 0 Å². The lowest BCUT2D eigenvalue weighted by Crippen LogP contribution is -2.47. The average molecular weight is 297 g/mol. The van der Waals surface area contributed by atoms with Gasteiger partial charge in [-0.1, -0.05) is 17.7 Å². The van der Waals surface area contributed by atoms with Gasteiger partial charge in [0.15, 0.2) is 6.10 Å². The Morgan fingerprint density at radius 3 is 3.00 bits per heavy atom. The molecule has 1 aliphatic rings. The summed E-state index contributed by atoms with van der Waals surface area (Å²) in [5.74, 6) is 0.653. The van der Waals surface area contributed by atoms with E-state index in [-0.39, 0.29) is 11.9 Å². The summed E-state index contributed by atoms with van der Waals surface area (Å²) in [6.45, 7) is 6.33. The van der Waals surface area contributed by atoms with Crippen molar-refractivity contribution in [1.82, 2.24) is 10.2 Å². The second kappa shape index (κ2) is 6.95. The summed E-state index contributed by atoms with van der Waals surface area (Å²) in [7, 11) is 0. The molecule has 1 aliphatic heterocycles. The van der Waals surface area contributed by atoms with E-state index in [1.54, 1.807) is 19.1 Å².